The van der Waals surface area contributed by atoms with E-state index < -0.39 is 5.54 Å². The van der Waals surface area contributed by atoms with Crippen LogP contribution in [0.3, 0.4) is 0 Å². The van der Waals surface area contributed by atoms with E-state index in [2.05, 4.69) is 10.2 Å². The minimum atomic E-state index is -0.662. The maximum Gasteiger partial charge on any atom is 0.238 e. The lowest BCUT2D eigenvalue weighted by Crippen LogP contribution is -2.58. The summed E-state index contributed by atoms with van der Waals surface area (Å²) in [6.07, 6.45) is 2.34. The van der Waals surface area contributed by atoms with E-state index in [0.29, 0.717) is 12.5 Å². The number of carbonyl (C=O) groups excluding carboxylic acids is 1. The Balaban J connectivity index is 2.41. The Morgan fingerprint density at radius 1 is 1.65 bits per heavy atom. The number of primary amides is 1. The standard InChI is InChI=1S/C12H25N3O2/c1-12(14-2,11(13)16)9-15(3)7-10-5-4-6-17-8-10/h10,14H,4-9H2,1-3H3,(H2,13,16). The Hall–Kier alpha value is -0.650. The number of amides is 1. The number of nitrogens with two attached hydrogens (primary N) is 1. The van der Waals surface area contributed by atoms with Crippen LogP contribution < -0.4 is 11.1 Å². The van der Waals surface area contributed by atoms with Crippen molar-refractivity contribution in [1.29, 1.82) is 0 Å². The molecular formula is C12H25N3O2. The molecule has 1 aliphatic rings. The molecule has 1 saturated heterocycles. The Morgan fingerprint density at radius 3 is 2.82 bits per heavy atom. The third-order valence-corrected chi connectivity index (χ3v) is 3.51. The zero-order valence-electron chi connectivity index (χ0n) is 11.2. The molecular weight excluding hydrogens is 218 g/mol. The lowest BCUT2D eigenvalue weighted by molar-refractivity contribution is -0.124. The van der Waals surface area contributed by atoms with E-state index in [1.54, 1.807) is 7.05 Å². The van der Waals surface area contributed by atoms with Crippen molar-refractivity contribution in [2.75, 3.05) is 40.4 Å². The summed E-state index contributed by atoms with van der Waals surface area (Å²) in [5.74, 6) is 0.259. The van der Waals surface area contributed by atoms with Gasteiger partial charge in [0, 0.05) is 19.7 Å². The molecule has 5 heteroatoms. The molecule has 17 heavy (non-hydrogen) atoms. The van der Waals surface area contributed by atoms with Crippen LogP contribution in [-0.4, -0.2) is 56.7 Å². The van der Waals surface area contributed by atoms with Crippen LogP contribution in [0.4, 0.5) is 0 Å². The van der Waals surface area contributed by atoms with E-state index in [0.717, 1.165) is 26.2 Å². The summed E-state index contributed by atoms with van der Waals surface area (Å²) in [5.41, 5.74) is 4.75. The van der Waals surface area contributed by atoms with Gasteiger partial charge in [0.2, 0.25) is 5.91 Å². The summed E-state index contributed by atoms with van der Waals surface area (Å²) in [5, 5.41) is 3.00. The summed E-state index contributed by atoms with van der Waals surface area (Å²) < 4.78 is 5.45. The normalized spacial score (nSPS) is 24.6. The summed E-state index contributed by atoms with van der Waals surface area (Å²) >= 11 is 0. The maximum absolute atomic E-state index is 11.4. The van der Waals surface area contributed by atoms with Crippen LogP contribution in [0.5, 0.6) is 0 Å². The van der Waals surface area contributed by atoms with Gasteiger partial charge in [-0.2, -0.15) is 0 Å². The van der Waals surface area contributed by atoms with E-state index in [4.69, 9.17) is 10.5 Å². The Kier molecular flexibility index (Phi) is 5.36. The van der Waals surface area contributed by atoms with Gasteiger partial charge in [-0.1, -0.05) is 0 Å². The first-order valence-corrected chi connectivity index (χ1v) is 6.23. The first kappa shape index (κ1) is 14.4. The topological polar surface area (TPSA) is 67.6 Å². The molecule has 3 N–H and O–H groups in total. The monoisotopic (exact) mass is 243 g/mol. The second-order valence-electron chi connectivity index (χ2n) is 5.23. The van der Waals surface area contributed by atoms with Crippen molar-refractivity contribution in [2.45, 2.75) is 25.3 Å². The van der Waals surface area contributed by atoms with Gasteiger partial charge in [0.05, 0.1) is 6.61 Å². The van der Waals surface area contributed by atoms with Crippen LogP contribution >= 0.6 is 0 Å². The summed E-state index contributed by atoms with van der Waals surface area (Å²) in [6, 6.07) is 0. The SMILES string of the molecule is CNC(C)(CN(C)CC1CCCOC1)C(N)=O. The first-order chi connectivity index (χ1) is 7.98. The van der Waals surface area contributed by atoms with Crippen molar-refractivity contribution in [3.8, 4) is 0 Å². The van der Waals surface area contributed by atoms with Crippen LogP contribution in [0, 0.1) is 5.92 Å². The van der Waals surface area contributed by atoms with Crippen molar-refractivity contribution in [2.24, 2.45) is 11.7 Å². The quantitative estimate of drug-likeness (QED) is 0.678. The minimum Gasteiger partial charge on any atom is -0.381 e. The molecule has 0 aromatic rings. The predicted molar refractivity (Wildman–Crippen MR) is 67.7 cm³/mol. The van der Waals surface area contributed by atoms with E-state index in [9.17, 15) is 4.79 Å². The van der Waals surface area contributed by atoms with Crippen LogP contribution in [0.1, 0.15) is 19.8 Å². The number of carbonyl (C=O) groups is 1. The van der Waals surface area contributed by atoms with Gasteiger partial charge in [-0.25, -0.2) is 0 Å². The molecule has 1 aliphatic heterocycles. The fraction of sp³-hybridized carbons (Fsp3) is 0.917. The number of nitrogens with one attached hydrogen (secondary N) is 1. The molecule has 2 unspecified atom stereocenters. The number of nitrogens with zero attached hydrogens (tertiary/aromatic N) is 1. The number of rotatable bonds is 6. The molecule has 0 aliphatic carbocycles. The second-order valence-corrected chi connectivity index (χ2v) is 5.23. The number of hydrogen-bond acceptors (Lipinski definition) is 4. The van der Waals surface area contributed by atoms with E-state index in [1.165, 1.54) is 6.42 Å². The molecule has 0 aromatic carbocycles. The average molecular weight is 243 g/mol. The fourth-order valence-corrected chi connectivity index (χ4v) is 2.28. The van der Waals surface area contributed by atoms with Gasteiger partial charge in [0.25, 0.3) is 0 Å². The first-order valence-electron chi connectivity index (χ1n) is 6.23. The van der Waals surface area contributed by atoms with E-state index in [-0.39, 0.29) is 5.91 Å². The summed E-state index contributed by atoms with van der Waals surface area (Å²) in [7, 11) is 3.79. The third kappa shape index (κ3) is 4.26. The highest BCUT2D eigenvalue weighted by molar-refractivity contribution is 5.84. The summed E-state index contributed by atoms with van der Waals surface area (Å²) in [6.45, 7) is 5.12. The molecule has 0 radical (unpaired) electrons. The van der Waals surface area contributed by atoms with Gasteiger partial charge in [-0.05, 0) is 39.8 Å². The highest BCUT2D eigenvalue weighted by atomic mass is 16.5. The molecule has 0 aromatic heterocycles. The largest absolute Gasteiger partial charge is 0.381 e. The molecule has 1 heterocycles. The lowest BCUT2D eigenvalue weighted by Gasteiger charge is -2.33. The van der Waals surface area contributed by atoms with Crippen LogP contribution in [0.25, 0.3) is 0 Å². The fourth-order valence-electron chi connectivity index (χ4n) is 2.28. The lowest BCUT2D eigenvalue weighted by atomic mass is 9.98. The Labute approximate surface area is 104 Å². The van der Waals surface area contributed by atoms with Crippen molar-refractivity contribution in [3.05, 3.63) is 0 Å². The molecule has 1 fully saturated rings. The van der Waals surface area contributed by atoms with Crippen LogP contribution in [0.2, 0.25) is 0 Å². The van der Waals surface area contributed by atoms with Gasteiger partial charge >= 0.3 is 0 Å². The van der Waals surface area contributed by atoms with Crippen LogP contribution in [-0.2, 0) is 9.53 Å². The highest BCUT2D eigenvalue weighted by Gasteiger charge is 2.31. The smallest absolute Gasteiger partial charge is 0.238 e. The van der Waals surface area contributed by atoms with Crippen molar-refractivity contribution in [1.82, 2.24) is 10.2 Å². The van der Waals surface area contributed by atoms with Gasteiger partial charge < -0.3 is 20.7 Å². The molecule has 1 rings (SSSR count). The third-order valence-electron chi connectivity index (χ3n) is 3.51. The Bertz CT molecular complexity index is 254. The average Bonchev–Trinajstić information content (AvgIpc) is 2.29. The molecule has 100 valence electrons. The maximum atomic E-state index is 11.4. The van der Waals surface area contributed by atoms with Gasteiger partial charge in [0.1, 0.15) is 5.54 Å². The molecule has 0 saturated carbocycles. The molecule has 0 spiro atoms. The summed E-state index contributed by atoms with van der Waals surface area (Å²) in [4.78, 5) is 13.5. The molecule has 2 atom stereocenters. The molecule has 5 nitrogen and oxygen atoms in total. The van der Waals surface area contributed by atoms with Crippen molar-refractivity contribution < 1.29 is 9.53 Å². The minimum absolute atomic E-state index is 0.313. The molecule has 1 amide bonds. The van der Waals surface area contributed by atoms with Gasteiger partial charge in [-0.3, -0.25) is 4.79 Å². The second kappa shape index (κ2) is 6.33. The zero-order valence-corrected chi connectivity index (χ0v) is 11.2. The van der Waals surface area contributed by atoms with E-state index >= 15 is 0 Å². The number of ether oxygens (including phenoxy) is 1. The van der Waals surface area contributed by atoms with Crippen LogP contribution in [0.15, 0.2) is 0 Å². The zero-order chi connectivity index (χ0) is 12.9. The van der Waals surface area contributed by atoms with Gasteiger partial charge in [-0.15, -0.1) is 0 Å². The number of hydrogen-bond donors (Lipinski definition) is 2. The molecule has 0 bridgehead atoms. The Morgan fingerprint density at radius 2 is 2.35 bits per heavy atom. The highest BCUT2D eigenvalue weighted by Crippen LogP contribution is 2.15. The van der Waals surface area contributed by atoms with Gasteiger partial charge in [0.15, 0.2) is 0 Å². The van der Waals surface area contributed by atoms with E-state index in [1.807, 2.05) is 14.0 Å². The van der Waals surface area contributed by atoms with Crippen molar-refractivity contribution >= 4 is 5.91 Å². The van der Waals surface area contributed by atoms with Crippen molar-refractivity contribution in [3.63, 3.8) is 0 Å². The predicted octanol–water partition coefficient (Wildman–Crippen LogP) is -0.192. The number of likely N-dealkylation sites (N-methyl/N-ethyl adjacent to an activating group) is 2.